The molecular formula is C28H32Cl3F26NO2S2. The minimum absolute atomic E-state index is 0. The SMILES string of the molecule is C.ClCl.N#CSCCCCC(CC(CC(F)(C(F)(F)F)C(F)(F)F)C(F)(F)F)C(F)(F)F.O=S(=O)(Cl)CCCCC(CC(CC(F)(C(F)(F)F)C(F)(F)F)C(F)(F)F)C(F)(F)F. The van der Waals surface area contributed by atoms with Crippen molar-refractivity contribution in [2.24, 2.45) is 23.7 Å². The van der Waals surface area contributed by atoms with Crippen LogP contribution in [-0.4, -0.2) is 80.7 Å². The predicted molar refractivity (Wildman–Crippen MR) is 172 cm³/mol. The molecule has 0 spiro atoms. The minimum atomic E-state index is -6.86. The highest BCUT2D eigenvalue weighted by Crippen LogP contribution is 2.55. The Morgan fingerprint density at radius 1 is 0.468 bits per heavy atom. The molecule has 0 bridgehead atoms. The average molecular weight is 1080 g/mol. The summed E-state index contributed by atoms with van der Waals surface area (Å²) in [5, 5.41) is 9.82. The van der Waals surface area contributed by atoms with Crippen LogP contribution in [-0.2, 0) is 9.05 Å². The lowest BCUT2D eigenvalue weighted by atomic mass is 9.82. The molecule has 0 aromatic carbocycles. The van der Waals surface area contributed by atoms with Gasteiger partial charge in [-0.15, -0.1) is 0 Å². The molecule has 0 aromatic rings. The minimum Gasteiger partial charge on any atom is -0.224 e. The first-order valence-corrected chi connectivity index (χ1v) is 20.3. The summed E-state index contributed by atoms with van der Waals surface area (Å²) in [4.78, 5) is 0. The van der Waals surface area contributed by atoms with Crippen LogP contribution in [0.25, 0.3) is 0 Å². The summed E-state index contributed by atoms with van der Waals surface area (Å²) >= 11 is 0.643. The maximum Gasteiger partial charge on any atom is 0.431 e. The average Bonchev–Trinajstić information content (AvgIpc) is 3.00. The maximum absolute atomic E-state index is 13.7. The Morgan fingerprint density at radius 3 is 0.935 bits per heavy atom. The molecule has 0 aliphatic carbocycles. The van der Waals surface area contributed by atoms with E-state index in [2.05, 4.69) is 21.7 Å². The fourth-order valence-corrected chi connectivity index (χ4v) is 6.24. The number of alkyl halides is 26. The molecule has 0 radical (unpaired) electrons. The van der Waals surface area contributed by atoms with Crippen molar-refractivity contribution in [3.05, 3.63) is 0 Å². The Morgan fingerprint density at radius 2 is 0.726 bits per heavy atom. The molecule has 0 amide bonds. The van der Waals surface area contributed by atoms with E-state index in [1.54, 1.807) is 5.40 Å². The molecule has 62 heavy (non-hydrogen) atoms. The van der Waals surface area contributed by atoms with Crippen molar-refractivity contribution in [3.63, 3.8) is 0 Å². The number of hydrogen-bond acceptors (Lipinski definition) is 4. The quantitative estimate of drug-likeness (QED) is 0.0594. The van der Waals surface area contributed by atoms with Crippen LogP contribution < -0.4 is 0 Å². The molecule has 3 nitrogen and oxygen atoms in total. The van der Waals surface area contributed by atoms with Crippen LogP contribution in [0.3, 0.4) is 0 Å². The topological polar surface area (TPSA) is 57.9 Å². The molecule has 0 rings (SSSR count). The van der Waals surface area contributed by atoms with Gasteiger partial charge in [-0.2, -0.15) is 111 Å². The molecule has 0 aliphatic heterocycles. The highest BCUT2D eigenvalue weighted by molar-refractivity contribution is 8.13. The molecule has 0 N–H and O–H groups in total. The van der Waals surface area contributed by atoms with Crippen LogP contribution in [0.5, 0.6) is 0 Å². The third-order valence-electron chi connectivity index (χ3n) is 8.15. The van der Waals surface area contributed by atoms with Gasteiger partial charge in [0.1, 0.15) is 5.40 Å². The number of halogens is 29. The van der Waals surface area contributed by atoms with Crippen LogP contribution in [0.4, 0.5) is 114 Å². The van der Waals surface area contributed by atoms with Crippen molar-refractivity contribution in [2.75, 3.05) is 11.5 Å². The molecule has 0 aromatic heterocycles. The number of rotatable bonds is 18. The van der Waals surface area contributed by atoms with E-state index >= 15 is 0 Å². The molecule has 4 unspecified atom stereocenters. The number of thioether (sulfide) groups is 1. The van der Waals surface area contributed by atoms with E-state index in [9.17, 15) is 123 Å². The lowest BCUT2D eigenvalue weighted by Crippen LogP contribution is -2.55. The molecule has 0 aliphatic rings. The largest absolute Gasteiger partial charge is 0.431 e. The first kappa shape index (κ1) is 67.4. The Labute approximate surface area is 353 Å². The van der Waals surface area contributed by atoms with Gasteiger partial charge >= 0.3 is 49.4 Å². The van der Waals surface area contributed by atoms with Gasteiger partial charge < -0.3 is 0 Å². The normalized spacial score (nSPS) is 16.1. The molecule has 0 saturated carbocycles. The number of hydrogen-bond donors (Lipinski definition) is 0. The molecule has 0 fully saturated rings. The van der Waals surface area contributed by atoms with Crippen LogP contribution in [0.15, 0.2) is 0 Å². The first-order valence-electron chi connectivity index (χ1n) is 15.7. The van der Waals surface area contributed by atoms with Crippen LogP contribution in [0, 0.1) is 34.3 Å². The van der Waals surface area contributed by atoms with Gasteiger partial charge in [-0.1, -0.05) is 20.3 Å². The van der Waals surface area contributed by atoms with E-state index in [1.807, 2.05) is 0 Å². The van der Waals surface area contributed by atoms with E-state index in [4.69, 9.17) is 15.9 Å². The Kier molecular flexibility index (Phi) is 27.3. The standard InChI is InChI=1S/C14H14F13NS.C13H14ClF13O2S.CH4.Cl2/c15-10(13(22,23)24,14(25,26)27)6-9(12(19,20)21)5-8(11(16,17)18)3-1-2-4-29-7-28;14-30(28,29)4-2-1-3-7(10(16,17)18)5-8(11(19,20)21)6-9(15,12(22,23)24)13(25,26)27;;1-2/h8-9H,1-6H2;7-8H,1-6H2;1H4;. The van der Waals surface area contributed by atoms with Crippen molar-refractivity contribution in [1.29, 1.82) is 5.26 Å². The molecule has 0 heterocycles. The van der Waals surface area contributed by atoms with Gasteiger partial charge in [0.15, 0.2) is 0 Å². The number of unbranched alkanes of at least 4 members (excludes halogenated alkanes) is 2. The summed E-state index contributed by atoms with van der Waals surface area (Å²) < 4.78 is 355. The van der Waals surface area contributed by atoms with Gasteiger partial charge in [0, 0.05) is 51.0 Å². The zero-order valence-electron chi connectivity index (χ0n) is 29.3. The second kappa shape index (κ2) is 25.1. The molecule has 4 atom stereocenters. The predicted octanol–water partition coefficient (Wildman–Crippen LogP) is 16.1. The van der Waals surface area contributed by atoms with E-state index in [-0.39, 0.29) is 26.0 Å². The van der Waals surface area contributed by atoms with E-state index in [0.717, 1.165) is 0 Å². The summed E-state index contributed by atoms with van der Waals surface area (Å²) in [7, 11) is 8.86. The smallest absolute Gasteiger partial charge is 0.224 e. The highest BCUT2D eigenvalue weighted by atomic mass is 36.5. The van der Waals surface area contributed by atoms with Crippen LogP contribution in [0.1, 0.15) is 71.6 Å². The Bertz CT molecular complexity index is 1390. The third kappa shape index (κ3) is 23.3. The Balaban J connectivity index is -0.000000514. The third-order valence-corrected chi connectivity index (χ3v) is 10.0. The number of nitriles is 1. The summed E-state index contributed by atoms with van der Waals surface area (Å²) in [6.45, 7) is 0. The molecule has 34 heteroatoms. The van der Waals surface area contributed by atoms with Gasteiger partial charge in [0.2, 0.25) is 9.05 Å². The summed E-state index contributed by atoms with van der Waals surface area (Å²) in [5.41, 5.74) is -12.7. The van der Waals surface area contributed by atoms with Gasteiger partial charge in [-0.05, 0) is 50.3 Å². The maximum atomic E-state index is 13.7. The van der Waals surface area contributed by atoms with Crippen molar-refractivity contribution < 1.29 is 123 Å². The fraction of sp³-hybridized carbons (Fsp3) is 0.964. The van der Waals surface area contributed by atoms with Gasteiger partial charge in [0.25, 0.3) is 11.3 Å². The second-order valence-electron chi connectivity index (χ2n) is 12.6. The lowest BCUT2D eigenvalue weighted by molar-refractivity contribution is -0.354. The van der Waals surface area contributed by atoms with Crippen molar-refractivity contribution >= 4 is 53.2 Å². The zero-order chi connectivity index (χ0) is 49.7. The van der Waals surface area contributed by atoms with Crippen molar-refractivity contribution in [2.45, 2.75) is 132 Å². The highest BCUT2D eigenvalue weighted by Gasteiger charge is 2.75. The molecule has 0 saturated heterocycles. The summed E-state index contributed by atoms with van der Waals surface area (Å²) in [5.74, 6) is -14.6. The van der Waals surface area contributed by atoms with E-state index in [0.29, 0.717) is 11.8 Å². The van der Waals surface area contributed by atoms with Gasteiger partial charge in [-0.25, -0.2) is 17.2 Å². The molecular weight excluding hydrogens is 1050 g/mol. The lowest BCUT2D eigenvalue weighted by Gasteiger charge is -2.35. The summed E-state index contributed by atoms with van der Waals surface area (Å²) in [6.07, 6.45) is -65.2. The summed E-state index contributed by atoms with van der Waals surface area (Å²) in [6, 6.07) is 0. The number of nitrogens with zero attached hydrogens (tertiary/aromatic N) is 1. The zero-order valence-corrected chi connectivity index (χ0v) is 33.2. The fourth-order valence-electron chi connectivity index (χ4n) is 4.92. The van der Waals surface area contributed by atoms with Crippen molar-refractivity contribution in [3.8, 4) is 5.40 Å². The van der Waals surface area contributed by atoms with E-state index < -0.39 is 151 Å². The monoisotopic (exact) mass is 1080 g/mol. The van der Waals surface area contributed by atoms with Gasteiger partial charge in [0.05, 0.1) is 29.4 Å². The van der Waals surface area contributed by atoms with E-state index in [1.165, 1.54) is 0 Å². The van der Waals surface area contributed by atoms with Crippen LogP contribution >= 0.6 is 44.2 Å². The number of thiocyanates is 1. The molecule has 376 valence electrons. The van der Waals surface area contributed by atoms with Gasteiger partial charge in [-0.3, -0.25) is 0 Å². The Hall–Kier alpha value is -1.16. The van der Waals surface area contributed by atoms with Crippen molar-refractivity contribution in [1.82, 2.24) is 0 Å². The van der Waals surface area contributed by atoms with Crippen LogP contribution in [0.2, 0.25) is 0 Å². The second-order valence-corrected chi connectivity index (χ2v) is 16.4. The first-order chi connectivity index (χ1) is 26.7.